The fourth-order valence-corrected chi connectivity index (χ4v) is 3.64. The molecule has 0 atom stereocenters. The second kappa shape index (κ2) is 6.18. The number of thioether (sulfide) groups is 1. The Morgan fingerprint density at radius 2 is 1.78 bits per heavy atom. The molecule has 0 unspecified atom stereocenters. The van der Waals surface area contributed by atoms with E-state index in [1.807, 2.05) is 0 Å². The maximum absolute atomic E-state index is 4.40. The minimum absolute atomic E-state index is 0.827. The summed E-state index contributed by atoms with van der Waals surface area (Å²) in [5.41, 5.74) is 3.71. The molecule has 0 aliphatic carbocycles. The van der Waals surface area contributed by atoms with Crippen LogP contribution in [0.15, 0.2) is 59.8 Å². The Bertz CT molecular complexity index is 796. The highest BCUT2D eigenvalue weighted by Gasteiger charge is 2.22. The molecule has 2 heterocycles. The summed E-state index contributed by atoms with van der Waals surface area (Å²) in [6, 6.07) is 19.1. The van der Waals surface area contributed by atoms with E-state index < -0.39 is 0 Å². The number of hydrogen-bond acceptors (Lipinski definition) is 4. The first kappa shape index (κ1) is 14.5. The highest BCUT2D eigenvalue weighted by Crippen LogP contribution is 2.29. The monoisotopic (exact) mass is 322 g/mol. The molecule has 116 valence electrons. The first-order chi connectivity index (χ1) is 11.3. The lowest BCUT2D eigenvalue weighted by atomic mass is 10.1. The fourth-order valence-electron chi connectivity index (χ4n) is 2.77. The van der Waals surface area contributed by atoms with Gasteiger partial charge in [-0.2, -0.15) is 0 Å². The van der Waals surface area contributed by atoms with Crippen LogP contribution in [0.4, 0.5) is 0 Å². The molecule has 1 aliphatic heterocycles. The lowest BCUT2D eigenvalue weighted by Crippen LogP contribution is -2.30. The molecule has 0 N–H and O–H groups in total. The summed E-state index contributed by atoms with van der Waals surface area (Å²) in [6.07, 6.45) is 0. The number of aryl methyl sites for hydroxylation is 1. The SMILES string of the molecule is Cc1ccc(-c2nnc3n2CN(Cc2ccccc2)CS3)cc1. The van der Waals surface area contributed by atoms with Crippen LogP contribution in [0.2, 0.25) is 0 Å². The fraction of sp³-hybridized carbons (Fsp3) is 0.222. The Hall–Kier alpha value is -2.11. The highest BCUT2D eigenvalue weighted by atomic mass is 32.2. The first-order valence-electron chi connectivity index (χ1n) is 7.69. The van der Waals surface area contributed by atoms with Crippen LogP contribution in [-0.2, 0) is 13.2 Å². The summed E-state index contributed by atoms with van der Waals surface area (Å²) in [5.74, 6) is 1.89. The maximum Gasteiger partial charge on any atom is 0.193 e. The number of fused-ring (bicyclic) bond motifs is 1. The average Bonchev–Trinajstić information content (AvgIpc) is 3.00. The molecule has 23 heavy (non-hydrogen) atoms. The van der Waals surface area contributed by atoms with Gasteiger partial charge in [0.1, 0.15) is 0 Å². The van der Waals surface area contributed by atoms with Crippen molar-refractivity contribution in [3.8, 4) is 11.4 Å². The van der Waals surface area contributed by atoms with Gasteiger partial charge in [0.05, 0.1) is 12.5 Å². The van der Waals surface area contributed by atoms with Gasteiger partial charge in [-0.15, -0.1) is 10.2 Å². The van der Waals surface area contributed by atoms with E-state index in [4.69, 9.17) is 0 Å². The number of benzene rings is 2. The van der Waals surface area contributed by atoms with Crippen molar-refractivity contribution in [1.29, 1.82) is 0 Å². The smallest absolute Gasteiger partial charge is 0.193 e. The van der Waals surface area contributed by atoms with Gasteiger partial charge in [-0.05, 0) is 12.5 Å². The van der Waals surface area contributed by atoms with E-state index in [2.05, 4.69) is 81.2 Å². The number of aromatic nitrogens is 3. The quantitative estimate of drug-likeness (QED) is 0.735. The zero-order chi connectivity index (χ0) is 15.6. The number of hydrogen-bond donors (Lipinski definition) is 0. The maximum atomic E-state index is 4.40. The third kappa shape index (κ3) is 3.02. The first-order valence-corrected chi connectivity index (χ1v) is 8.67. The Morgan fingerprint density at radius 3 is 2.57 bits per heavy atom. The van der Waals surface area contributed by atoms with Crippen molar-refractivity contribution in [2.24, 2.45) is 0 Å². The summed E-state index contributed by atoms with van der Waals surface area (Å²) in [6.45, 7) is 3.87. The average molecular weight is 322 g/mol. The lowest BCUT2D eigenvalue weighted by Gasteiger charge is -2.27. The molecule has 2 aromatic carbocycles. The van der Waals surface area contributed by atoms with Gasteiger partial charge in [-0.25, -0.2) is 0 Å². The van der Waals surface area contributed by atoms with Crippen molar-refractivity contribution < 1.29 is 0 Å². The van der Waals surface area contributed by atoms with E-state index in [-0.39, 0.29) is 0 Å². The summed E-state index contributed by atoms with van der Waals surface area (Å²) < 4.78 is 2.21. The predicted octanol–water partition coefficient (Wildman–Crippen LogP) is 3.78. The van der Waals surface area contributed by atoms with E-state index >= 15 is 0 Å². The molecular weight excluding hydrogens is 304 g/mol. The molecule has 1 aliphatic rings. The highest BCUT2D eigenvalue weighted by molar-refractivity contribution is 7.99. The third-order valence-corrected chi connectivity index (χ3v) is 5.05. The Balaban J connectivity index is 1.59. The van der Waals surface area contributed by atoms with Crippen LogP contribution >= 0.6 is 11.8 Å². The summed E-state index contributed by atoms with van der Waals surface area (Å²) >= 11 is 1.75. The van der Waals surface area contributed by atoms with Gasteiger partial charge < -0.3 is 0 Å². The van der Waals surface area contributed by atoms with Gasteiger partial charge in [0.15, 0.2) is 11.0 Å². The predicted molar refractivity (Wildman–Crippen MR) is 92.9 cm³/mol. The summed E-state index contributed by atoms with van der Waals surface area (Å²) in [4.78, 5) is 2.41. The number of nitrogens with zero attached hydrogens (tertiary/aromatic N) is 4. The van der Waals surface area contributed by atoms with Crippen LogP contribution < -0.4 is 0 Å². The van der Waals surface area contributed by atoms with E-state index in [1.165, 1.54) is 11.1 Å². The molecule has 5 heteroatoms. The van der Waals surface area contributed by atoms with Crippen LogP contribution in [0, 0.1) is 6.92 Å². The Kier molecular flexibility index (Phi) is 3.89. The van der Waals surface area contributed by atoms with Crippen LogP contribution in [0.1, 0.15) is 11.1 Å². The van der Waals surface area contributed by atoms with Gasteiger partial charge in [-0.3, -0.25) is 9.47 Å². The minimum Gasteiger partial charge on any atom is -0.288 e. The molecule has 1 aromatic heterocycles. The molecular formula is C18H18N4S. The summed E-state index contributed by atoms with van der Waals surface area (Å²) in [7, 11) is 0. The molecule has 4 nitrogen and oxygen atoms in total. The van der Waals surface area contributed by atoms with Crippen LogP contribution in [0.3, 0.4) is 0 Å². The minimum atomic E-state index is 0.827. The van der Waals surface area contributed by atoms with Crippen molar-refractivity contribution in [3.63, 3.8) is 0 Å². The van der Waals surface area contributed by atoms with Gasteiger partial charge >= 0.3 is 0 Å². The Morgan fingerprint density at radius 1 is 1.00 bits per heavy atom. The molecule has 0 bridgehead atoms. The van der Waals surface area contributed by atoms with Crippen molar-refractivity contribution in [3.05, 3.63) is 65.7 Å². The zero-order valence-electron chi connectivity index (χ0n) is 13.0. The molecule has 0 fully saturated rings. The van der Waals surface area contributed by atoms with Gasteiger partial charge in [0.25, 0.3) is 0 Å². The van der Waals surface area contributed by atoms with Crippen LogP contribution in [0.25, 0.3) is 11.4 Å². The van der Waals surface area contributed by atoms with Gasteiger partial charge in [-0.1, -0.05) is 71.9 Å². The van der Waals surface area contributed by atoms with Crippen LogP contribution in [-0.4, -0.2) is 25.5 Å². The molecule has 0 amide bonds. The Labute approximate surface area is 140 Å². The van der Waals surface area contributed by atoms with E-state index in [0.29, 0.717) is 0 Å². The van der Waals surface area contributed by atoms with Crippen molar-refractivity contribution in [1.82, 2.24) is 19.7 Å². The van der Waals surface area contributed by atoms with Crippen LogP contribution in [0.5, 0.6) is 0 Å². The van der Waals surface area contributed by atoms with E-state index in [0.717, 1.165) is 35.6 Å². The van der Waals surface area contributed by atoms with Crippen molar-refractivity contribution in [2.45, 2.75) is 25.3 Å². The lowest BCUT2D eigenvalue weighted by molar-refractivity contribution is 0.231. The second-order valence-electron chi connectivity index (χ2n) is 5.83. The topological polar surface area (TPSA) is 34.0 Å². The van der Waals surface area contributed by atoms with Gasteiger partial charge in [0, 0.05) is 12.1 Å². The zero-order valence-corrected chi connectivity index (χ0v) is 13.8. The van der Waals surface area contributed by atoms with Crippen molar-refractivity contribution in [2.75, 3.05) is 5.88 Å². The third-order valence-electron chi connectivity index (χ3n) is 3.99. The van der Waals surface area contributed by atoms with Crippen molar-refractivity contribution >= 4 is 11.8 Å². The molecule has 0 spiro atoms. The molecule has 0 radical (unpaired) electrons. The normalized spacial score (nSPS) is 14.7. The summed E-state index contributed by atoms with van der Waals surface area (Å²) in [5, 5.41) is 9.76. The standard InChI is InChI=1S/C18H18N4S/c1-14-7-9-16(10-8-14)17-19-20-18-22(17)12-21(13-23-18)11-15-5-3-2-4-6-15/h2-10H,11-13H2,1H3. The molecule has 3 aromatic rings. The largest absolute Gasteiger partial charge is 0.288 e. The van der Waals surface area contributed by atoms with Gasteiger partial charge in [0.2, 0.25) is 0 Å². The van der Waals surface area contributed by atoms with E-state index in [1.54, 1.807) is 11.8 Å². The molecule has 0 saturated carbocycles. The van der Waals surface area contributed by atoms with E-state index in [9.17, 15) is 0 Å². The molecule has 0 saturated heterocycles. The molecule has 4 rings (SSSR count). The second-order valence-corrected chi connectivity index (χ2v) is 6.74. The number of rotatable bonds is 3.